The number of hydrogen-bond acceptors (Lipinski definition) is 4. The molecule has 0 saturated carbocycles. The number of benzene rings is 1. The van der Waals surface area contributed by atoms with E-state index < -0.39 is 10.0 Å². The molecule has 26 heavy (non-hydrogen) atoms. The van der Waals surface area contributed by atoms with Crippen molar-refractivity contribution in [2.24, 2.45) is 7.05 Å². The number of aryl methyl sites for hydroxylation is 1. The van der Waals surface area contributed by atoms with E-state index in [1.807, 2.05) is 36.7 Å². The average molecular weight is 417 g/mol. The van der Waals surface area contributed by atoms with Crippen LogP contribution in [0.3, 0.4) is 0 Å². The molecule has 6 nitrogen and oxygen atoms in total. The lowest BCUT2D eigenvalue weighted by Gasteiger charge is -2.32. The van der Waals surface area contributed by atoms with Crippen LogP contribution in [0, 0.1) is 4.77 Å². The molecule has 0 radical (unpaired) electrons. The second-order valence-corrected chi connectivity index (χ2v) is 9.55. The molecule has 0 aliphatic carbocycles. The first kappa shape index (κ1) is 19.8. The van der Waals surface area contributed by atoms with Crippen molar-refractivity contribution >= 4 is 44.9 Å². The topological polar surface area (TPSA) is 59.3 Å². The van der Waals surface area contributed by atoms with Crippen LogP contribution in [0.25, 0.3) is 11.0 Å². The van der Waals surface area contributed by atoms with E-state index in [1.165, 1.54) is 0 Å². The number of nitrogens with zero attached hydrogens (tertiary/aromatic N) is 3. The van der Waals surface area contributed by atoms with Gasteiger partial charge in [0.2, 0.25) is 10.0 Å². The molecule has 1 aromatic carbocycles. The molecule has 1 aliphatic rings. The molecule has 1 aromatic heterocycles. The van der Waals surface area contributed by atoms with E-state index in [1.54, 1.807) is 0 Å². The van der Waals surface area contributed by atoms with Crippen molar-refractivity contribution in [3.8, 4) is 0 Å². The maximum absolute atomic E-state index is 11.9. The summed E-state index contributed by atoms with van der Waals surface area (Å²) >= 11 is 11.8. The maximum Gasteiger partial charge on any atom is 0.211 e. The normalized spacial score (nSPS) is 17.2. The van der Waals surface area contributed by atoms with E-state index in [4.69, 9.17) is 23.8 Å². The van der Waals surface area contributed by atoms with Gasteiger partial charge in [-0.3, -0.25) is 4.90 Å². The molecule has 2 aromatic rings. The Morgan fingerprint density at radius 2 is 1.96 bits per heavy atom. The van der Waals surface area contributed by atoms with Gasteiger partial charge in [0.15, 0.2) is 4.77 Å². The second-order valence-electron chi connectivity index (χ2n) is 6.87. The fraction of sp³-hybridized carbons (Fsp3) is 0.588. The van der Waals surface area contributed by atoms with Crippen LogP contribution in [0.2, 0.25) is 5.02 Å². The summed E-state index contributed by atoms with van der Waals surface area (Å²) in [6, 6.07) is 5.83. The lowest BCUT2D eigenvalue weighted by atomic mass is 10.1. The van der Waals surface area contributed by atoms with E-state index in [0.29, 0.717) is 18.1 Å². The van der Waals surface area contributed by atoms with Gasteiger partial charge in [0.05, 0.1) is 23.5 Å². The van der Waals surface area contributed by atoms with Crippen molar-refractivity contribution in [1.82, 2.24) is 18.8 Å². The minimum atomic E-state index is -3.15. The Morgan fingerprint density at radius 3 is 2.62 bits per heavy atom. The molecule has 0 amide bonds. The van der Waals surface area contributed by atoms with E-state index in [0.717, 1.165) is 41.7 Å². The highest BCUT2D eigenvalue weighted by molar-refractivity contribution is 7.89. The van der Waals surface area contributed by atoms with E-state index in [-0.39, 0.29) is 11.8 Å². The number of likely N-dealkylation sites (tertiary alicyclic amines) is 1. The molecule has 1 aliphatic heterocycles. The third-order valence-corrected chi connectivity index (χ3v) is 7.22. The number of imidazole rings is 1. The predicted octanol–water partition coefficient (Wildman–Crippen LogP) is 3.11. The Labute approximate surface area is 164 Å². The van der Waals surface area contributed by atoms with Crippen molar-refractivity contribution in [3.63, 3.8) is 0 Å². The average Bonchev–Trinajstić information content (AvgIpc) is 2.80. The Balaban J connectivity index is 1.69. The highest BCUT2D eigenvalue weighted by Crippen LogP contribution is 2.23. The summed E-state index contributed by atoms with van der Waals surface area (Å²) in [4.78, 5) is 2.31. The van der Waals surface area contributed by atoms with Crippen molar-refractivity contribution in [3.05, 3.63) is 28.0 Å². The second kappa shape index (κ2) is 7.98. The summed E-state index contributed by atoms with van der Waals surface area (Å²) in [5.41, 5.74) is 2.08. The fourth-order valence-electron chi connectivity index (χ4n) is 3.49. The molecular weight excluding hydrogens is 392 g/mol. The number of fused-ring (bicyclic) bond motifs is 1. The summed E-state index contributed by atoms with van der Waals surface area (Å²) in [7, 11) is -1.19. The zero-order valence-electron chi connectivity index (χ0n) is 15.1. The van der Waals surface area contributed by atoms with Gasteiger partial charge >= 0.3 is 0 Å². The van der Waals surface area contributed by atoms with E-state index >= 15 is 0 Å². The quantitative estimate of drug-likeness (QED) is 0.735. The lowest BCUT2D eigenvalue weighted by molar-refractivity contribution is 0.167. The first-order valence-corrected chi connectivity index (χ1v) is 11.3. The molecule has 0 bridgehead atoms. The largest absolute Gasteiger partial charge is 0.320 e. The van der Waals surface area contributed by atoms with Crippen LogP contribution >= 0.6 is 23.8 Å². The van der Waals surface area contributed by atoms with E-state index in [9.17, 15) is 8.42 Å². The van der Waals surface area contributed by atoms with Crippen LogP contribution in [0.4, 0.5) is 0 Å². The third kappa shape index (κ3) is 4.31. The Morgan fingerprint density at radius 1 is 1.27 bits per heavy atom. The number of hydrogen-bond donors (Lipinski definition) is 1. The van der Waals surface area contributed by atoms with Crippen molar-refractivity contribution in [2.75, 3.05) is 18.8 Å². The summed E-state index contributed by atoms with van der Waals surface area (Å²) in [6.45, 7) is 4.23. The molecule has 9 heteroatoms. The smallest absolute Gasteiger partial charge is 0.211 e. The summed E-state index contributed by atoms with van der Waals surface area (Å²) in [5.74, 6) is 0.194. The minimum absolute atomic E-state index is 0.0257. The van der Waals surface area contributed by atoms with Gasteiger partial charge in [-0.15, -0.1) is 0 Å². The predicted molar refractivity (Wildman–Crippen MR) is 109 cm³/mol. The van der Waals surface area contributed by atoms with Crippen LogP contribution in [-0.2, 0) is 23.7 Å². The molecule has 2 heterocycles. The fourth-order valence-corrected chi connectivity index (χ4v) is 5.31. The lowest BCUT2D eigenvalue weighted by Crippen LogP contribution is -2.45. The van der Waals surface area contributed by atoms with E-state index in [2.05, 4.69) is 14.2 Å². The minimum Gasteiger partial charge on any atom is -0.320 e. The monoisotopic (exact) mass is 416 g/mol. The van der Waals surface area contributed by atoms with Crippen LogP contribution in [-0.4, -0.2) is 47.3 Å². The first-order chi connectivity index (χ1) is 12.3. The van der Waals surface area contributed by atoms with Gasteiger partial charge in [0.25, 0.3) is 0 Å². The first-order valence-electron chi connectivity index (χ1n) is 8.88. The van der Waals surface area contributed by atoms with Gasteiger partial charge in [-0.2, -0.15) is 0 Å². The van der Waals surface area contributed by atoms with Crippen molar-refractivity contribution < 1.29 is 8.42 Å². The molecule has 0 unspecified atom stereocenters. The molecular formula is C17H25ClN4O2S2. The molecule has 144 valence electrons. The number of piperidine rings is 1. The Bertz CT molecular complexity index is 944. The SMILES string of the molecule is CCCS(=O)(=O)NC1CCN(Cn2c(=S)n(C)c3ccc(Cl)cc32)CC1. The third-order valence-electron chi connectivity index (χ3n) is 4.86. The molecule has 0 atom stereocenters. The number of rotatable bonds is 6. The van der Waals surface area contributed by atoms with Gasteiger partial charge in [-0.05, 0) is 49.7 Å². The van der Waals surface area contributed by atoms with Gasteiger partial charge in [0, 0.05) is 31.2 Å². The summed E-state index contributed by atoms with van der Waals surface area (Å²) < 4.78 is 31.6. The van der Waals surface area contributed by atoms with Gasteiger partial charge in [-0.25, -0.2) is 13.1 Å². The van der Waals surface area contributed by atoms with Crippen molar-refractivity contribution in [2.45, 2.75) is 38.9 Å². The van der Waals surface area contributed by atoms with Crippen LogP contribution < -0.4 is 4.72 Å². The summed E-state index contributed by atoms with van der Waals surface area (Å²) in [6.07, 6.45) is 2.25. The number of sulfonamides is 1. The molecule has 1 fully saturated rings. The van der Waals surface area contributed by atoms with Gasteiger partial charge < -0.3 is 9.13 Å². The number of halogens is 1. The summed E-state index contributed by atoms with van der Waals surface area (Å²) in [5, 5.41) is 0.691. The molecule has 1 N–H and O–H groups in total. The van der Waals surface area contributed by atoms with Crippen LogP contribution in [0.1, 0.15) is 26.2 Å². The number of aromatic nitrogens is 2. The standard InChI is InChI=1S/C17H25ClN4O2S2/c1-3-10-26(23,24)19-14-6-8-21(9-7-14)12-22-16-11-13(18)4-5-15(16)20(2)17(22)25/h4-5,11,14,19H,3,6-10,12H2,1-2H3. The molecule has 0 spiro atoms. The van der Waals surface area contributed by atoms with Crippen LogP contribution in [0.15, 0.2) is 18.2 Å². The Hall–Kier alpha value is -0.930. The molecule has 3 rings (SSSR count). The van der Waals surface area contributed by atoms with Gasteiger partial charge in [0.1, 0.15) is 0 Å². The van der Waals surface area contributed by atoms with Gasteiger partial charge in [-0.1, -0.05) is 18.5 Å². The Kier molecular flexibility index (Phi) is 6.08. The highest BCUT2D eigenvalue weighted by atomic mass is 35.5. The zero-order chi connectivity index (χ0) is 18.9. The highest BCUT2D eigenvalue weighted by Gasteiger charge is 2.23. The molecule has 1 saturated heterocycles. The van der Waals surface area contributed by atoms with Crippen molar-refractivity contribution in [1.29, 1.82) is 0 Å². The zero-order valence-corrected chi connectivity index (χ0v) is 17.5. The maximum atomic E-state index is 11.9. The van der Waals surface area contributed by atoms with Crippen LogP contribution in [0.5, 0.6) is 0 Å². The number of nitrogens with one attached hydrogen (secondary N) is 1.